The van der Waals surface area contributed by atoms with Crippen LogP contribution in [-0.4, -0.2) is 15.7 Å². The highest BCUT2D eigenvalue weighted by Gasteiger charge is 2.29. The fraction of sp³-hybridized carbons (Fsp3) is 0.125. The van der Waals surface area contributed by atoms with E-state index in [4.69, 9.17) is 0 Å². The Labute approximate surface area is 124 Å². The molecule has 0 saturated carbocycles. The maximum atomic E-state index is 12.5. The zero-order valence-electron chi connectivity index (χ0n) is 11.3. The average Bonchev–Trinajstić information content (AvgIpc) is 2.89. The van der Waals surface area contributed by atoms with Crippen LogP contribution in [0.3, 0.4) is 0 Å². The Bertz CT molecular complexity index is 820. The summed E-state index contributed by atoms with van der Waals surface area (Å²) in [6, 6.07) is 8.40. The fourth-order valence-electron chi connectivity index (χ4n) is 2.27. The minimum Gasteiger partial charge on any atom is -0.303 e. The second-order valence-electron chi connectivity index (χ2n) is 4.92. The molecule has 0 amide bonds. The van der Waals surface area contributed by atoms with Crippen molar-refractivity contribution in [1.29, 1.82) is 0 Å². The molecule has 112 valence electrons. The van der Waals surface area contributed by atoms with Gasteiger partial charge >= 0.3 is 6.18 Å². The lowest BCUT2D eigenvalue weighted by Gasteiger charge is -2.07. The maximum Gasteiger partial charge on any atom is 0.416 e. The van der Waals surface area contributed by atoms with Crippen molar-refractivity contribution in [3.8, 4) is 0 Å². The first-order valence-corrected chi connectivity index (χ1v) is 6.55. The highest BCUT2D eigenvalue weighted by atomic mass is 19.4. The molecule has 3 aromatic rings. The Morgan fingerprint density at radius 3 is 2.50 bits per heavy atom. The van der Waals surface area contributed by atoms with E-state index in [1.54, 1.807) is 24.5 Å². The number of fused-ring (bicyclic) bond motifs is 1. The van der Waals surface area contributed by atoms with Gasteiger partial charge in [-0.05, 0) is 29.8 Å². The molecule has 0 N–H and O–H groups in total. The molecule has 6 heteroatoms. The summed E-state index contributed by atoms with van der Waals surface area (Å²) in [6.07, 6.45) is 0.191. The summed E-state index contributed by atoms with van der Waals surface area (Å²) in [6.45, 7) is 0. The van der Waals surface area contributed by atoms with Crippen molar-refractivity contribution in [1.82, 2.24) is 9.38 Å². The van der Waals surface area contributed by atoms with Gasteiger partial charge in [-0.25, -0.2) is 4.98 Å². The lowest BCUT2D eigenvalue weighted by Crippen LogP contribution is -2.05. The number of nitrogens with zero attached hydrogens (tertiary/aromatic N) is 2. The average molecular weight is 304 g/mol. The standard InChI is InChI=1S/C16H11F3N2O/c17-16(18,19)13-3-1-11(2-4-13)8-15-20-9-14-7-12(10-22)5-6-21(14)15/h1-7,9-10H,8H2. The number of imidazole rings is 1. The van der Waals surface area contributed by atoms with Crippen molar-refractivity contribution in [2.24, 2.45) is 0 Å². The number of pyridine rings is 1. The van der Waals surface area contributed by atoms with Gasteiger partial charge in [0, 0.05) is 18.2 Å². The zero-order chi connectivity index (χ0) is 15.7. The quantitative estimate of drug-likeness (QED) is 0.691. The highest BCUT2D eigenvalue weighted by molar-refractivity contribution is 5.77. The van der Waals surface area contributed by atoms with Gasteiger partial charge < -0.3 is 4.40 Å². The number of carbonyl (C=O) groups is 1. The van der Waals surface area contributed by atoms with E-state index >= 15 is 0 Å². The molecule has 0 atom stereocenters. The van der Waals surface area contributed by atoms with Crippen molar-refractivity contribution < 1.29 is 18.0 Å². The fourth-order valence-corrected chi connectivity index (χ4v) is 2.27. The zero-order valence-corrected chi connectivity index (χ0v) is 11.3. The molecule has 0 aliphatic rings. The van der Waals surface area contributed by atoms with Gasteiger partial charge in [-0.15, -0.1) is 0 Å². The summed E-state index contributed by atoms with van der Waals surface area (Å²) in [5.74, 6) is 0.701. The predicted octanol–water partition coefficient (Wildman–Crippen LogP) is 3.76. The van der Waals surface area contributed by atoms with Crippen LogP contribution in [0.2, 0.25) is 0 Å². The van der Waals surface area contributed by atoms with Crippen LogP contribution < -0.4 is 0 Å². The van der Waals surface area contributed by atoms with Crippen molar-refractivity contribution in [3.63, 3.8) is 0 Å². The second kappa shape index (κ2) is 5.29. The number of rotatable bonds is 3. The first-order chi connectivity index (χ1) is 10.5. The summed E-state index contributed by atoms with van der Waals surface area (Å²) in [5, 5.41) is 0. The molecule has 0 fully saturated rings. The van der Waals surface area contributed by atoms with Crippen LogP contribution in [0.5, 0.6) is 0 Å². The highest BCUT2D eigenvalue weighted by Crippen LogP contribution is 2.29. The molecule has 0 saturated heterocycles. The van der Waals surface area contributed by atoms with Gasteiger partial charge in [-0.1, -0.05) is 12.1 Å². The van der Waals surface area contributed by atoms with Crippen molar-refractivity contribution in [2.75, 3.05) is 0 Å². The van der Waals surface area contributed by atoms with E-state index in [0.717, 1.165) is 29.5 Å². The van der Waals surface area contributed by atoms with Crippen LogP contribution in [-0.2, 0) is 12.6 Å². The van der Waals surface area contributed by atoms with Crippen LogP contribution in [0.25, 0.3) is 5.52 Å². The number of aldehydes is 1. The van der Waals surface area contributed by atoms with Gasteiger partial charge in [0.15, 0.2) is 0 Å². The molecule has 3 rings (SSSR count). The summed E-state index contributed by atoms with van der Waals surface area (Å²) >= 11 is 0. The number of hydrogen-bond acceptors (Lipinski definition) is 2. The maximum absolute atomic E-state index is 12.5. The number of aromatic nitrogens is 2. The van der Waals surface area contributed by atoms with Crippen LogP contribution in [0.1, 0.15) is 27.3 Å². The summed E-state index contributed by atoms with van der Waals surface area (Å²) < 4.78 is 39.4. The molecular formula is C16H11F3N2O. The molecule has 22 heavy (non-hydrogen) atoms. The molecule has 0 spiro atoms. The van der Waals surface area contributed by atoms with E-state index in [-0.39, 0.29) is 0 Å². The number of benzene rings is 1. The minimum atomic E-state index is -4.33. The van der Waals surface area contributed by atoms with Gasteiger partial charge in [0.25, 0.3) is 0 Å². The Morgan fingerprint density at radius 2 is 1.86 bits per heavy atom. The minimum absolute atomic E-state index is 0.409. The van der Waals surface area contributed by atoms with E-state index in [0.29, 0.717) is 17.8 Å². The molecule has 0 bridgehead atoms. The van der Waals surface area contributed by atoms with E-state index in [1.165, 1.54) is 12.1 Å². The Hall–Kier alpha value is -2.63. The van der Waals surface area contributed by atoms with Crippen molar-refractivity contribution >= 4 is 11.8 Å². The number of carbonyl (C=O) groups excluding carboxylic acids is 1. The summed E-state index contributed by atoms with van der Waals surface area (Å²) in [4.78, 5) is 15.0. The van der Waals surface area contributed by atoms with Crippen molar-refractivity contribution in [3.05, 3.63) is 71.3 Å². The molecule has 1 aromatic carbocycles. The molecule has 0 unspecified atom stereocenters. The Kier molecular flexibility index (Phi) is 3.44. The first kappa shape index (κ1) is 14.3. The Balaban J connectivity index is 1.88. The van der Waals surface area contributed by atoms with Crippen LogP contribution >= 0.6 is 0 Å². The molecular weight excluding hydrogens is 293 g/mol. The summed E-state index contributed by atoms with van der Waals surface area (Å²) in [5.41, 5.74) is 1.39. The smallest absolute Gasteiger partial charge is 0.303 e. The molecule has 2 heterocycles. The third-order valence-corrected chi connectivity index (χ3v) is 3.41. The number of halogens is 3. The van der Waals surface area contributed by atoms with Crippen LogP contribution in [0.4, 0.5) is 13.2 Å². The summed E-state index contributed by atoms with van der Waals surface area (Å²) in [7, 11) is 0. The molecule has 2 aromatic heterocycles. The topological polar surface area (TPSA) is 34.4 Å². The van der Waals surface area contributed by atoms with Crippen molar-refractivity contribution in [2.45, 2.75) is 12.6 Å². The van der Waals surface area contributed by atoms with Crippen LogP contribution in [0, 0.1) is 0 Å². The third-order valence-electron chi connectivity index (χ3n) is 3.41. The number of hydrogen-bond donors (Lipinski definition) is 0. The van der Waals surface area contributed by atoms with E-state index in [1.807, 2.05) is 4.40 Å². The largest absolute Gasteiger partial charge is 0.416 e. The second-order valence-corrected chi connectivity index (χ2v) is 4.92. The molecule has 0 aliphatic carbocycles. The predicted molar refractivity (Wildman–Crippen MR) is 74.8 cm³/mol. The van der Waals surface area contributed by atoms with Gasteiger partial charge in [0.05, 0.1) is 17.3 Å². The normalized spacial score (nSPS) is 11.8. The van der Waals surface area contributed by atoms with Gasteiger partial charge in [-0.2, -0.15) is 13.2 Å². The van der Waals surface area contributed by atoms with E-state index < -0.39 is 11.7 Å². The first-order valence-electron chi connectivity index (χ1n) is 6.55. The van der Waals surface area contributed by atoms with Crippen LogP contribution in [0.15, 0.2) is 48.8 Å². The van der Waals surface area contributed by atoms with Gasteiger partial charge in [0.2, 0.25) is 0 Å². The lowest BCUT2D eigenvalue weighted by molar-refractivity contribution is -0.137. The monoisotopic (exact) mass is 304 g/mol. The third kappa shape index (κ3) is 2.72. The lowest BCUT2D eigenvalue weighted by atomic mass is 10.1. The molecule has 0 radical (unpaired) electrons. The SMILES string of the molecule is O=Cc1ccn2c(Cc3ccc(C(F)(F)F)cc3)ncc2c1. The number of alkyl halides is 3. The van der Waals surface area contributed by atoms with E-state index in [9.17, 15) is 18.0 Å². The van der Waals surface area contributed by atoms with Gasteiger partial charge in [-0.3, -0.25) is 4.79 Å². The molecule has 0 aliphatic heterocycles. The Morgan fingerprint density at radius 1 is 1.14 bits per heavy atom. The van der Waals surface area contributed by atoms with E-state index in [2.05, 4.69) is 4.98 Å². The van der Waals surface area contributed by atoms with Gasteiger partial charge in [0.1, 0.15) is 12.1 Å². The molecule has 3 nitrogen and oxygen atoms in total.